The molecular formula is C19H22F3NO2. The highest BCUT2D eigenvalue weighted by Gasteiger charge is 2.59. The summed E-state index contributed by atoms with van der Waals surface area (Å²) >= 11 is 0. The second kappa shape index (κ2) is 5.32. The number of halogens is 3. The lowest BCUT2D eigenvalue weighted by Gasteiger charge is -2.60. The Bertz CT molecular complexity index is 754. The van der Waals surface area contributed by atoms with Gasteiger partial charge in [0, 0.05) is 23.6 Å². The predicted octanol–water partition coefficient (Wildman–Crippen LogP) is 3.89. The number of carbonyl (C=O) groups is 2. The Morgan fingerprint density at radius 3 is 2.40 bits per heavy atom. The first-order chi connectivity index (χ1) is 11.4. The van der Waals surface area contributed by atoms with Crippen LogP contribution in [0.1, 0.15) is 55.6 Å². The van der Waals surface area contributed by atoms with Crippen molar-refractivity contribution in [1.29, 1.82) is 0 Å². The minimum atomic E-state index is -4.86. The van der Waals surface area contributed by atoms with Crippen LogP contribution in [0.3, 0.4) is 0 Å². The molecule has 1 aromatic carbocycles. The van der Waals surface area contributed by atoms with Gasteiger partial charge in [0.05, 0.1) is 0 Å². The Balaban J connectivity index is 2.11. The molecule has 3 rings (SSSR count). The number of hydrogen-bond donors (Lipinski definition) is 0. The summed E-state index contributed by atoms with van der Waals surface area (Å²) < 4.78 is 39.0. The number of fused-ring (bicyclic) bond motifs is 4. The lowest BCUT2D eigenvalue weighted by molar-refractivity contribution is -0.195. The van der Waals surface area contributed by atoms with Crippen molar-refractivity contribution in [3.63, 3.8) is 0 Å². The molecule has 25 heavy (non-hydrogen) atoms. The number of hydrogen-bond acceptors (Lipinski definition) is 2. The van der Waals surface area contributed by atoms with Crippen LogP contribution in [0.2, 0.25) is 0 Å². The van der Waals surface area contributed by atoms with Gasteiger partial charge < -0.3 is 4.90 Å². The van der Waals surface area contributed by atoms with E-state index in [0.29, 0.717) is 18.4 Å². The van der Waals surface area contributed by atoms with Crippen molar-refractivity contribution in [3.05, 3.63) is 34.9 Å². The fourth-order valence-corrected chi connectivity index (χ4v) is 4.53. The van der Waals surface area contributed by atoms with Gasteiger partial charge in [-0.25, -0.2) is 0 Å². The van der Waals surface area contributed by atoms with Gasteiger partial charge in [-0.05, 0) is 42.4 Å². The monoisotopic (exact) mass is 353 g/mol. The highest BCUT2D eigenvalue weighted by atomic mass is 19.4. The van der Waals surface area contributed by atoms with E-state index in [1.54, 1.807) is 6.07 Å². The lowest BCUT2D eigenvalue weighted by atomic mass is 9.51. The minimum absolute atomic E-state index is 0.0315. The fraction of sp³-hybridized carbons (Fsp3) is 0.579. The average Bonchev–Trinajstić information content (AvgIpc) is 2.49. The zero-order valence-corrected chi connectivity index (χ0v) is 14.8. The number of alkyl halides is 3. The fourth-order valence-electron chi connectivity index (χ4n) is 4.53. The molecule has 0 N–H and O–H groups in total. The molecule has 1 aliphatic carbocycles. The first-order valence-electron chi connectivity index (χ1n) is 8.42. The maximum atomic E-state index is 13.0. The van der Waals surface area contributed by atoms with Crippen LogP contribution in [0.4, 0.5) is 13.2 Å². The van der Waals surface area contributed by atoms with Crippen molar-refractivity contribution in [2.75, 3.05) is 6.54 Å². The molecule has 1 amide bonds. The van der Waals surface area contributed by atoms with E-state index < -0.39 is 23.5 Å². The van der Waals surface area contributed by atoms with Gasteiger partial charge in [0.25, 0.3) is 0 Å². The van der Waals surface area contributed by atoms with E-state index in [0.717, 1.165) is 16.0 Å². The summed E-state index contributed by atoms with van der Waals surface area (Å²) in [5.74, 6) is -1.78. The summed E-state index contributed by atoms with van der Waals surface area (Å²) in [4.78, 5) is 24.7. The molecule has 1 heterocycles. The van der Waals surface area contributed by atoms with Crippen molar-refractivity contribution < 1.29 is 22.8 Å². The topological polar surface area (TPSA) is 37.4 Å². The summed E-state index contributed by atoms with van der Waals surface area (Å²) in [7, 11) is 0. The van der Waals surface area contributed by atoms with Crippen molar-refractivity contribution in [2.45, 2.75) is 58.2 Å². The zero-order chi connectivity index (χ0) is 18.8. The highest BCUT2D eigenvalue weighted by molar-refractivity contribution is 5.94. The molecule has 1 fully saturated rings. The number of ketones is 1. The van der Waals surface area contributed by atoms with Crippen molar-refractivity contribution in [3.8, 4) is 0 Å². The van der Waals surface area contributed by atoms with E-state index in [9.17, 15) is 22.8 Å². The third-order valence-corrected chi connectivity index (χ3v) is 6.51. The van der Waals surface area contributed by atoms with Gasteiger partial charge in [-0.3, -0.25) is 9.59 Å². The number of rotatable bonds is 1. The van der Waals surface area contributed by atoms with Crippen LogP contribution in [0.15, 0.2) is 18.2 Å². The van der Waals surface area contributed by atoms with Crippen LogP contribution in [-0.2, 0) is 16.6 Å². The summed E-state index contributed by atoms with van der Waals surface area (Å²) in [5.41, 5.74) is 1.65. The first-order valence-corrected chi connectivity index (χ1v) is 8.42. The number of carbonyl (C=O) groups excluding carboxylic acids is 2. The Kier molecular flexibility index (Phi) is 3.82. The zero-order valence-electron chi connectivity index (χ0n) is 14.8. The number of nitrogens with zero attached hydrogens (tertiary/aromatic N) is 1. The molecule has 0 aromatic heterocycles. The van der Waals surface area contributed by atoms with Gasteiger partial charge in [-0.15, -0.1) is 0 Å². The maximum Gasteiger partial charge on any atom is 0.471 e. The molecule has 6 heteroatoms. The smallest absolute Gasteiger partial charge is 0.331 e. The van der Waals surface area contributed by atoms with E-state index in [-0.39, 0.29) is 17.7 Å². The number of benzene rings is 1. The van der Waals surface area contributed by atoms with Gasteiger partial charge in [0.15, 0.2) is 5.78 Å². The summed E-state index contributed by atoms with van der Waals surface area (Å²) in [5, 5.41) is 0. The van der Waals surface area contributed by atoms with Crippen molar-refractivity contribution in [2.24, 2.45) is 5.41 Å². The number of likely N-dealkylation sites (tertiary alicyclic amines) is 1. The summed E-state index contributed by atoms with van der Waals surface area (Å²) in [6, 6.07) is 4.91. The molecule has 0 unspecified atom stereocenters. The number of Topliss-reactive ketones (excluding diaryl/α,β-unsaturated/α-hetero) is 1. The number of amides is 1. The highest BCUT2D eigenvalue weighted by Crippen LogP contribution is 2.56. The molecule has 0 saturated carbocycles. The van der Waals surface area contributed by atoms with Gasteiger partial charge in [0.2, 0.25) is 0 Å². The van der Waals surface area contributed by atoms with Crippen LogP contribution < -0.4 is 0 Å². The molecule has 2 atom stereocenters. The van der Waals surface area contributed by atoms with Crippen LogP contribution in [-0.4, -0.2) is 35.4 Å². The predicted molar refractivity (Wildman–Crippen MR) is 87.5 cm³/mol. The Hall–Kier alpha value is -1.85. The van der Waals surface area contributed by atoms with Crippen molar-refractivity contribution >= 4 is 11.7 Å². The third kappa shape index (κ3) is 2.49. The average molecular weight is 353 g/mol. The first kappa shape index (κ1) is 18.0. The van der Waals surface area contributed by atoms with E-state index in [1.807, 2.05) is 32.9 Å². The normalized spacial score (nSPS) is 27.6. The van der Waals surface area contributed by atoms with Crippen LogP contribution >= 0.6 is 0 Å². The second-order valence-electron chi connectivity index (χ2n) is 7.95. The second-order valence-corrected chi connectivity index (χ2v) is 7.95. The van der Waals surface area contributed by atoms with Gasteiger partial charge in [-0.1, -0.05) is 32.9 Å². The third-order valence-electron chi connectivity index (χ3n) is 6.51. The largest absolute Gasteiger partial charge is 0.471 e. The lowest BCUT2D eigenvalue weighted by Crippen LogP contribution is -2.66. The molecular weight excluding hydrogens is 331 g/mol. The van der Waals surface area contributed by atoms with E-state index in [2.05, 4.69) is 0 Å². The van der Waals surface area contributed by atoms with Gasteiger partial charge in [-0.2, -0.15) is 13.2 Å². The van der Waals surface area contributed by atoms with E-state index >= 15 is 0 Å². The van der Waals surface area contributed by atoms with E-state index in [1.165, 1.54) is 6.92 Å². The molecule has 0 radical (unpaired) electrons. The van der Waals surface area contributed by atoms with Gasteiger partial charge >= 0.3 is 12.1 Å². The molecule has 0 spiro atoms. The van der Waals surface area contributed by atoms with Crippen LogP contribution in [0.25, 0.3) is 0 Å². The Morgan fingerprint density at radius 1 is 1.20 bits per heavy atom. The van der Waals surface area contributed by atoms with Gasteiger partial charge in [0.1, 0.15) is 0 Å². The Morgan fingerprint density at radius 2 is 1.84 bits per heavy atom. The molecule has 1 aromatic rings. The molecule has 1 saturated heterocycles. The van der Waals surface area contributed by atoms with E-state index in [4.69, 9.17) is 0 Å². The maximum absolute atomic E-state index is 13.0. The molecule has 136 valence electrons. The molecule has 1 aliphatic heterocycles. The summed E-state index contributed by atoms with van der Waals surface area (Å²) in [6.07, 6.45) is -4.05. The number of piperidine rings is 1. The Labute approximate surface area is 145 Å². The molecule has 2 bridgehead atoms. The quantitative estimate of drug-likeness (QED) is 0.718. The summed E-state index contributed by atoms with van der Waals surface area (Å²) in [6.45, 7) is 7.48. The molecule has 3 nitrogen and oxygen atoms in total. The van der Waals surface area contributed by atoms with Crippen LogP contribution in [0, 0.1) is 5.41 Å². The standard InChI is InChI=1S/C19H22F3NO2/c1-11(24)12-5-6-13-10-15-17(2,3)18(4,14(13)9-12)7-8-23(15)16(25)19(20,21)22/h5-6,9,15H,7-8,10H2,1-4H3/t15-,18+/m1/s1. The SMILES string of the molecule is CC(=O)c1ccc2c(c1)[C@]1(C)CCN(C(=O)C(F)(F)F)[C@H](C2)C1(C)C. The molecule has 2 aliphatic rings. The van der Waals surface area contributed by atoms with Crippen molar-refractivity contribution in [1.82, 2.24) is 4.90 Å². The van der Waals surface area contributed by atoms with Crippen LogP contribution in [0.5, 0.6) is 0 Å². The minimum Gasteiger partial charge on any atom is -0.331 e.